The molecule has 0 aliphatic carbocycles. The van der Waals surface area contributed by atoms with Crippen LogP contribution in [0, 0.1) is 10.1 Å². The summed E-state index contributed by atoms with van der Waals surface area (Å²) in [5.74, 6) is 0.146. The zero-order valence-electron chi connectivity index (χ0n) is 20.6. The topological polar surface area (TPSA) is 98.8 Å². The van der Waals surface area contributed by atoms with Crippen LogP contribution in [0.15, 0.2) is 79.1 Å². The number of hydrogen-bond donors (Lipinski definition) is 1. The van der Waals surface area contributed by atoms with Gasteiger partial charge in [-0.1, -0.05) is 81.7 Å². The van der Waals surface area contributed by atoms with Gasteiger partial charge in [-0.3, -0.25) is 14.9 Å². The lowest BCUT2D eigenvalue weighted by Crippen LogP contribution is -3.00. The molecule has 40 heavy (non-hydrogen) atoms. The Bertz CT molecular complexity index is 1420. The molecule has 0 aromatic heterocycles. The summed E-state index contributed by atoms with van der Waals surface area (Å²) in [7, 11) is 0. The number of benzene rings is 3. The molecule has 0 bridgehead atoms. The van der Waals surface area contributed by atoms with Crippen molar-refractivity contribution >= 4 is 69.5 Å². The molecule has 4 rings (SSSR count). The molecule has 0 saturated carbocycles. The summed E-state index contributed by atoms with van der Waals surface area (Å²) in [6, 6.07) is 18.2. The average Bonchev–Trinajstić information content (AvgIpc) is 3.38. The van der Waals surface area contributed by atoms with Crippen LogP contribution in [0.2, 0.25) is 15.1 Å². The predicted octanol–water partition coefficient (Wildman–Crippen LogP) is 4.32. The van der Waals surface area contributed by atoms with Crippen LogP contribution < -0.4 is 22.7 Å². The zero-order valence-corrected chi connectivity index (χ0v) is 24.4. The van der Waals surface area contributed by atoms with E-state index in [1.807, 2.05) is 12.1 Å². The van der Waals surface area contributed by atoms with Crippen molar-refractivity contribution < 1.29 is 26.9 Å². The highest BCUT2D eigenvalue weighted by Crippen LogP contribution is 2.33. The van der Waals surface area contributed by atoms with Gasteiger partial charge in [-0.15, -0.1) is 0 Å². The summed E-state index contributed by atoms with van der Waals surface area (Å²) in [6.07, 6.45) is 2.91. The van der Waals surface area contributed by atoms with Gasteiger partial charge in [0.25, 0.3) is 11.5 Å². The van der Waals surface area contributed by atoms with Gasteiger partial charge in [0.05, 0.1) is 18.0 Å². The number of anilines is 1. The molecule has 209 valence electrons. The first-order chi connectivity index (χ1) is 18.7. The first-order valence-corrected chi connectivity index (χ1v) is 13.3. The smallest absolute Gasteiger partial charge is 0.300 e. The molecule has 1 aliphatic heterocycles. The van der Waals surface area contributed by atoms with Gasteiger partial charge in [-0.25, -0.2) is 4.90 Å². The van der Waals surface area contributed by atoms with Crippen molar-refractivity contribution in [3.8, 4) is 0 Å². The number of amidine groups is 1. The zero-order chi connectivity index (χ0) is 27.9. The number of aliphatic imine (C=N–C) groups is 1. The van der Waals surface area contributed by atoms with Gasteiger partial charge in [0.2, 0.25) is 11.4 Å². The van der Waals surface area contributed by atoms with Crippen LogP contribution in [0.5, 0.6) is 0 Å². The maximum atomic E-state index is 12.6. The lowest BCUT2D eigenvalue weighted by molar-refractivity contribution is -0.383. The number of para-hydroxylation sites is 2. The molecule has 2 unspecified atom stereocenters. The number of rotatable bonds is 11. The van der Waals surface area contributed by atoms with Crippen LogP contribution in [0.4, 0.5) is 11.4 Å². The first kappa shape index (κ1) is 31.7. The van der Waals surface area contributed by atoms with E-state index in [1.165, 1.54) is 18.2 Å². The molecule has 0 fully saturated rings. The van der Waals surface area contributed by atoms with Crippen molar-refractivity contribution in [3.05, 3.63) is 115 Å². The lowest BCUT2D eigenvalue weighted by Gasteiger charge is -2.26. The fourth-order valence-corrected chi connectivity index (χ4v) is 4.87. The molecular weight excluding hydrogens is 622 g/mol. The number of carbonyl (C=O) groups excluding carboxylic acids is 1. The van der Waals surface area contributed by atoms with Crippen molar-refractivity contribution in [2.75, 3.05) is 5.32 Å². The molecule has 0 saturated heterocycles. The van der Waals surface area contributed by atoms with Gasteiger partial charge >= 0.3 is 0 Å². The normalized spacial score (nSPS) is 13.8. The van der Waals surface area contributed by atoms with Crippen LogP contribution in [0.1, 0.15) is 30.1 Å². The second kappa shape index (κ2) is 14.7. The molecule has 0 spiro atoms. The largest absolute Gasteiger partial charge is 1.00 e. The van der Waals surface area contributed by atoms with Gasteiger partial charge < -0.3 is 22.5 Å². The third kappa shape index (κ3) is 8.10. The summed E-state index contributed by atoms with van der Waals surface area (Å²) in [4.78, 5) is 29.4. The predicted molar refractivity (Wildman–Crippen MR) is 154 cm³/mol. The Balaban J connectivity index is 0.00000441. The van der Waals surface area contributed by atoms with Gasteiger partial charge in [-0.2, -0.15) is 0 Å². The lowest BCUT2D eigenvalue weighted by atomic mass is 10.1. The average molecular weight is 644 g/mol. The number of nitrogens with one attached hydrogen (secondary N) is 1. The molecule has 1 N–H and O–H groups in total. The molecule has 1 amide bonds. The Morgan fingerprint density at radius 2 is 1.75 bits per heavy atom. The summed E-state index contributed by atoms with van der Waals surface area (Å²) < 4.78 is 6.26. The Morgan fingerprint density at radius 1 is 1.05 bits per heavy atom. The second-order valence-corrected chi connectivity index (χ2v) is 10.2. The number of hydrogen-bond acceptors (Lipinski definition) is 6. The fraction of sp³-hybridized carbons (Fsp3) is 0.185. The van der Waals surface area contributed by atoms with E-state index < -0.39 is 22.4 Å². The van der Waals surface area contributed by atoms with Crippen LogP contribution in [-0.4, -0.2) is 27.1 Å². The Labute approximate surface area is 257 Å². The van der Waals surface area contributed by atoms with Crippen molar-refractivity contribution in [1.82, 2.24) is 9.89 Å². The van der Waals surface area contributed by atoms with E-state index in [0.717, 1.165) is 11.1 Å². The van der Waals surface area contributed by atoms with E-state index >= 15 is 0 Å². The van der Waals surface area contributed by atoms with Gasteiger partial charge in [-0.05, 0) is 41.5 Å². The number of halogens is 5. The highest BCUT2D eigenvalue weighted by Gasteiger charge is 2.38. The van der Waals surface area contributed by atoms with E-state index in [4.69, 9.17) is 51.1 Å². The standard InChI is InChI=1S/C27H22Cl4N4O4.ClH/c28-19-8-5-17(6-9-19)26(39-16-18-7-10-20(29)15-21(18)30)27(31)34-14-13-32-24(34)11-12-25(36)33-22-3-1-2-4-23(22)35(37)38;/h1-10,13-15,26-27H,11-12,16H2,(H,33,36);1H/q+1;/p-1. The Kier molecular flexibility index (Phi) is 11.6. The van der Waals surface area contributed by atoms with Crippen molar-refractivity contribution in [1.29, 1.82) is 0 Å². The number of nitro groups is 1. The number of nitrogens with zero attached hydrogens (tertiary/aromatic N) is 3. The Morgan fingerprint density at radius 3 is 2.45 bits per heavy atom. The number of ether oxygens (including phenoxy) is 1. The van der Waals surface area contributed by atoms with E-state index in [0.29, 0.717) is 20.9 Å². The molecule has 1 aliphatic rings. The van der Waals surface area contributed by atoms with Crippen LogP contribution in [-0.2, 0) is 16.1 Å². The Hall–Kier alpha value is -2.85. The van der Waals surface area contributed by atoms with Crippen molar-refractivity contribution in [2.24, 2.45) is 0 Å². The number of alkyl halides is 1. The van der Waals surface area contributed by atoms with Crippen molar-refractivity contribution in [2.45, 2.75) is 31.1 Å². The summed E-state index contributed by atoms with van der Waals surface area (Å²) in [5, 5.41) is 15.4. The minimum Gasteiger partial charge on any atom is -1.00 e. The summed E-state index contributed by atoms with van der Waals surface area (Å²) in [5.41, 5.74) is 0.716. The van der Waals surface area contributed by atoms with Crippen LogP contribution in [0.25, 0.3) is 0 Å². The van der Waals surface area contributed by atoms with Gasteiger partial charge in [0, 0.05) is 27.6 Å². The second-order valence-electron chi connectivity index (χ2n) is 8.46. The molecule has 1 heterocycles. The van der Waals surface area contributed by atoms with Crippen LogP contribution >= 0.6 is 46.4 Å². The monoisotopic (exact) mass is 641 g/mol. The van der Waals surface area contributed by atoms with Crippen LogP contribution in [0.3, 0.4) is 0 Å². The van der Waals surface area contributed by atoms with Gasteiger partial charge in [0.1, 0.15) is 18.0 Å². The minimum atomic E-state index is -0.743. The minimum absolute atomic E-state index is 0. The summed E-state index contributed by atoms with van der Waals surface area (Å²) in [6.45, 7) is 0.162. The third-order valence-electron chi connectivity index (χ3n) is 5.85. The molecular formula is C27H22Cl5N4O4. The van der Waals surface area contributed by atoms with E-state index in [2.05, 4.69) is 10.3 Å². The molecule has 8 nitrogen and oxygen atoms in total. The number of nitro benzene ring substituents is 1. The molecule has 1 radical (unpaired) electrons. The molecule has 13 heteroatoms. The van der Waals surface area contributed by atoms with Crippen molar-refractivity contribution in [3.63, 3.8) is 0 Å². The van der Waals surface area contributed by atoms with E-state index in [-0.39, 0.29) is 43.2 Å². The molecule has 3 aromatic carbocycles. The highest BCUT2D eigenvalue weighted by molar-refractivity contribution is 6.35. The van der Waals surface area contributed by atoms with E-state index in [1.54, 1.807) is 53.7 Å². The fourth-order valence-electron chi connectivity index (χ4n) is 3.89. The molecule has 2 atom stereocenters. The number of amides is 1. The quantitative estimate of drug-likeness (QED) is 0.145. The maximum Gasteiger partial charge on any atom is 0.300 e. The van der Waals surface area contributed by atoms with Gasteiger partial charge in [0.15, 0.2) is 6.20 Å². The molecule has 3 aromatic rings. The van der Waals surface area contributed by atoms with E-state index in [9.17, 15) is 14.9 Å². The third-order valence-corrected chi connectivity index (χ3v) is 7.13. The summed E-state index contributed by atoms with van der Waals surface area (Å²) >= 11 is 25.4. The number of carbonyl (C=O) groups is 1. The highest BCUT2D eigenvalue weighted by atomic mass is 35.5. The maximum absolute atomic E-state index is 12.6. The SMILES string of the molecule is O=C(CCC1=[N+]C=CN1C(Cl)C(OCc1ccc(Cl)cc1Cl)c1ccc(Cl)cc1)Nc1ccccc1[N+](=O)[O-].[Cl-]. The first-order valence-electron chi connectivity index (χ1n) is 11.7.